The van der Waals surface area contributed by atoms with Crippen molar-refractivity contribution < 1.29 is 0 Å². The van der Waals surface area contributed by atoms with Gasteiger partial charge in [0.15, 0.2) is 0 Å². The van der Waals surface area contributed by atoms with Crippen LogP contribution in [0.25, 0.3) is 0 Å². The monoisotopic (exact) mass is 247 g/mol. The van der Waals surface area contributed by atoms with Crippen LogP contribution in [-0.4, -0.2) is 22.9 Å². The zero-order chi connectivity index (χ0) is 12.5. The highest BCUT2D eigenvalue weighted by molar-refractivity contribution is 5.12. The van der Waals surface area contributed by atoms with Crippen molar-refractivity contribution in [3.63, 3.8) is 0 Å². The van der Waals surface area contributed by atoms with Gasteiger partial charge in [0.1, 0.15) is 0 Å². The molecule has 1 aromatic heterocycles. The predicted molar refractivity (Wildman–Crippen MR) is 73.4 cm³/mol. The van der Waals surface area contributed by atoms with Gasteiger partial charge in [-0.3, -0.25) is 4.68 Å². The molecule has 18 heavy (non-hydrogen) atoms. The average Bonchev–Trinajstić information content (AvgIpc) is 2.96. The van der Waals surface area contributed by atoms with E-state index in [4.69, 9.17) is 0 Å². The van der Waals surface area contributed by atoms with E-state index in [9.17, 15) is 0 Å². The first kappa shape index (κ1) is 12.2. The highest BCUT2D eigenvalue weighted by Crippen LogP contribution is 2.57. The molecule has 0 amide bonds. The lowest BCUT2D eigenvalue weighted by molar-refractivity contribution is 0.460. The van der Waals surface area contributed by atoms with Crippen molar-refractivity contribution in [2.75, 3.05) is 7.05 Å². The molecule has 2 aliphatic rings. The summed E-state index contributed by atoms with van der Waals surface area (Å²) in [4.78, 5) is 0. The summed E-state index contributed by atoms with van der Waals surface area (Å²) in [5, 5.41) is 7.94. The quantitative estimate of drug-likeness (QED) is 0.866. The van der Waals surface area contributed by atoms with Gasteiger partial charge in [0.25, 0.3) is 0 Å². The van der Waals surface area contributed by atoms with E-state index >= 15 is 0 Å². The van der Waals surface area contributed by atoms with Crippen molar-refractivity contribution in [2.45, 2.75) is 51.6 Å². The zero-order valence-electron chi connectivity index (χ0n) is 11.6. The summed E-state index contributed by atoms with van der Waals surface area (Å²) in [6.45, 7) is 3.11. The van der Waals surface area contributed by atoms with Gasteiger partial charge < -0.3 is 5.32 Å². The summed E-state index contributed by atoms with van der Waals surface area (Å²) < 4.78 is 2.03. The molecule has 2 fully saturated rings. The first-order valence-corrected chi connectivity index (χ1v) is 7.52. The van der Waals surface area contributed by atoms with Crippen LogP contribution in [0.5, 0.6) is 0 Å². The van der Waals surface area contributed by atoms with E-state index in [0.29, 0.717) is 6.04 Å². The lowest BCUT2D eigenvalue weighted by Crippen LogP contribution is -2.31. The molecule has 3 nitrogen and oxygen atoms in total. The van der Waals surface area contributed by atoms with Gasteiger partial charge in [0.05, 0.1) is 6.20 Å². The molecule has 3 rings (SSSR count). The fourth-order valence-corrected chi connectivity index (χ4v) is 4.01. The maximum atomic E-state index is 4.38. The van der Waals surface area contributed by atoms with Crippen LogP contribution in [0.15, 0.2) is 12.4 Å². The van der Waals surface area contributed by atoms with Crippen LogP contribution in [0.2, 0.25) is 0 Å². The third kappa shape index (κ3) is 2.20. The fraction of sp³-hybridized carbons (Fsp3) is 0.800. The Morgan fingerprint density at radius 1 is 1.39 bits per heavy atom. The number of aryl methyl sites for hydroxylation is 1. The molecule has 0 aromatic carbocycles. The normalized spacial score (nSPS) is 32.0. The highest BCUT2D eigenvalue weighted by atomic mass is 15.3. The van der Waals surface area contributed by atoms with Crippen LogP contribution >= 0.6 is 0 Å². The van der Waals surface area contributed by atoms with Crippen molar-refractivity contribution in [1.29, 1.82) is 0 Å². The Morgan fingerprint density at radius 2 is 2.11 bits per heavy atom. The van der Waals surface area contributed by atoms with Gasteiger partial charge in [0, 0.05) is 18.8 Å². The zero-order valence-corrected chi connectivity index (χ0v) is 11.6. The minimum Gasteiger partial charge on any atom is -0.316 e. The van der Waals surface area contributed by atoms with Crippen LogP contribution in [0.1, 0.15) is 38.2 Å². The van der Waals surface area contributed by atoms with Crippen molar-refractivity contribution in [3.8, 4) is 0 Å². The second-order valence-electron chi connectivity index (χ2n) is 5.99. The lowest BCUT2D eigenvalue weighted by Gasteiger charge is -2.15. The number of fused-ring (bicyclic) bond motifs is 1. The summed E-state index contributed by atoms with van der Waals surface area (Å²) >= 11 is 0. The van der Waals surface area contributed by atoms with Crippen LogP contribution in [0, 0.1) is 17.8 Å². The molecule has 3 atom stereocenters. The van der Waals surface area contributed by atoms with E-state index in [0.717, 1.165) is 30.7 Å². The second kappa shape index (κ2) is 5.04. The number of rotatable bonds is 5. The van der Waals surface area contributed by atoms with E-state index in [1.54, 1.807) is 0 Å². The molecule has 0 aliphatic heterocycles. The van der Waals surface area contributed by atoms with Crippen molar-refractivity contribution >= 4 is 0 Å². The number of hydrogen-bond acceptors (Lipinski definition) is 2. The number of nitrogens with zero attached hydrogens (tertiary/aromatic N) is 2. The Bertz CT molecular complexity index is 386. The van der Waals surface area contributed by atoms with E-state index in [1.165, 1.54) is 31.2 Å². The van der Waals surface area contributed by atoms with Crippen LogP contribution in [-0.2, 0) is 13.0 Å². The third-order valence-corrected chi connectivity index (χ3v) is 5.02. The lowest BCUT2D eigenvalue weighted by atomic mass is 10.0. The van der Waals surface area contributed by atoms with Crippen LogP contribution in [0.4, 0.5) is 0 Å². The molecule has 0 saturated heterocycles. The molecule has 2 aliphatic carbocycles. The first-order valence-electron chi connectivity index (χ1n) is 7.52. The summed E-state index contributed by atoms with van der Waals surface area (Å²) in [5.74, 6) is 2.98. The van der Waals surface area contributed by atoms with Crippen molar-refractivity contribution in [1.82, 2.24) is 15.1 Å². The molecule has 3 heteroatoms. The topological polar surface area (TPSA) is 29.9 Å². The Hall–Kier alpha value is -0.830. The van der Waals surface area contributed by atoms with Gasteiger partial charge in [-0.1, -0.05) is 12.8 Å². The predicted octanol–water partition coefficient (Wildman–Crippen LogP) is 2.47. The van der Waals surface area contributed by atoms with Gasteiger partial charge in [0.2, 0.25) is 0 Å². The number of nitrogens with one attached hydrogen (secondary N) is 1. The number of aromatic nitrogens is 2. The van der Waals surface area contributed by atoms with E-state index in [1.807, 2.05) is 10.9 Å². The first-order chi connectivity index (χ1) is 8.83. The van der Waals surface area contributed by atoms with Crippen LogP contribution in [0.3, 0.4) is 0 Å². The molecule has 100 valence electrons. The van der Waals surface area contributed by atoms with Gasteiger partial charge in [-0.2, -0.15) is 5.10 Å². The molecule has 2 saturated carbocycles. The number of likely N-dealkylation sites (N-methyl/N-ethyl adjacent to an activating group) is 1. The minimum atomic E-state index is 0.660. The maximum Gasteiger partial charge on any atom is 0.0522 e. The van der Waals surface area contributed by atoms with Crippen molar-refractivity contribution in [3.05, 3.63) is 18.0 Å². The molecule has 1 N–H and O–H groups in total. The Balaban J connectivity index is 1.63. The fourth-order valence-electron chi connectivity index (χ4n) is 4.01. The molecule has 0 radical (unpaired) electrons. The average molecular weight is 247 g/mol. The molecule has 1 aromatic rings. The SMILES string of the molecule is CCn1cc(CC(NC)C2C3CCCCC32)cn1. The smallest absolute Gasteiger partial charge is 0.0522 e. The van der Waals surface area contributed by atoms with E-state index in [-0.39, 0.29) is 0 Å². The van der Waals surface area contributed by atoms with Crippen molar-refractivity contribution in [2.24, 2.45) is 17.8 Å². The van der Waals surface area contributed by atoms with E-state index < -0.39 is 0 Å². The molecule has 0 spiro atoms. The standard InChI is InChI=1S/C15H25N3/c1-3-18-10-11(9-17-18)8-14(16-2)15-12-6-4-5-7-13(12)15/h9-10,12-16H,3-8H2,1-2H3. The second-order valence-corrected chi connectivity index (χ2v) is 5.99. The summed E-state index contributed by atoms with van der Waals surface area (Å²) in [6, 6.07) is 0.660. The van der Waals surface area contributed by atoms with Crippen LogP contribution < -0.4 is 5.32 Å². The molecular weight excluding hydrogens is 222 g/mol. The maximum absolute atomic E-state index is 4.38. The molecular formula is C15H25N3. The largest absolute Gasteiger partial charge is 0.316 e. The van der Waals surface area contributed by atoms with Gasteiger partial charge in [-0.25, -0.2) is 0 Å². The summed E-state index contributed by atoms with van der Waals surface area (Å²) in [5.41, 5.74) is 1.39. The van der Waals surface area contributed by atoms with Gasteiger partial charge in [-0.15, -0.1) is 0 Å². The van der Waals surface area contributed by atoms with E-state index in [2.05, 4.69) is 30.6 Å². The third-order valence-electron chi connectivity index (χ3n) is 5.02. The Morgan fingerprint density at radius 3 is 2.67 bits per heavy atom. The molecule has 3 unspecified atom stereocenters. The molecule has 0 bridgehead atoms. The highest BCUT2D eigenvalue weighted by Gasteiger charge is 2.53. The summed E-state index contributed by atoms with van der Waals surface area (Å²) in [7, 11) is 2.12. The number of hydrogen-bond donors (Lipinski definition) is 1. The minimum absolute atomic E-state index is 0.660. The summed E-state index contributed by atoms with van der Waals surface area (Å²) in [6.07, 6.45) is 11.3. The van der Waals surface area contributed by atoms with Gasteiger partial charge in [-0.05, 0) is 56.6 Å². The Labute approximate surface area is 110 Å². The Kier molecular flexibility index (Phi) is 3.42. The van der Waals surface area contributed by atoms with Gasteiger partial charge >= 0.3 is 0 Å². The molecule has 1 heterocycles.